The SMILES string of the molecule is CC(=CBr)C=C(C)C(=O)O. The Morgan fingerprint density at radius 2 is 2.00 bits per heavy atom. The molecule has 0 aliphatic carbocycles. The predicted octanol–water partition coefficient (Wildman–Crippen LogP) is 2.32. The zero-order valence-electron chi connectivity index (χ0n) is 5.89. The molecule has 0 spiro atoms. The third kappa shape index (κ3) is 3.45. The fourth-order valence-electron chi connectivity index (χ4n) is 0.435. The van der Waals surface area contributed by atoms with E-state index < -0.39 is 5.97 Å². The fourth-order valence-corrected chi connectivity index (χ4v) is 0.567. The number of hydrogen-bond acceptors (Lipinski definition) is 1. The van der Waals surface area contributed by atoms with Crippen molar-refractivity contribution in [1.29, 1.82) is 0 Å². The standard InChI is InChI=1S/C7H9BrO2/c1-5(4-8)3-6(2)7(9)10/h3-4H,1-2H3,(H,9,10). The van der Waals surface area contributed by atoms with Crippen LogP contribution in [0.25, 0.3) is 0 Å². The maximum absolute atomic E-state index is 10.2. The van der Waals surface area contributed by atoms with E-state index in [2.05, 4.69) is 15.9 Å². The molecule has 10 heavy (non-hydrogen) atoms. The lowest BCUT2D eigenvalue weighted by Gasteiger charge is -1.91. The normalized spacial score (nSPS) is 13.5. The van der Waals surface area contributed by atoms with Gasteiger partial charge in [-0.1, -0.05) is 15.9 Å². The Hall–Kier alpha value is -0.570. The van der Waals surface area contributed by atoms with Crippen molar-refractivity contribution in [2.75, 3.05) is 0 Å². The highest BCUT2D eigenvalue weighted by Crippen LogP contribution is 2.03. The van der Waals surface area contributed by atoms with Crippen molar-refractivity contribution in [3.8, 4) is 0 Å². The average molecular weight is 205 g/mol. The molecule has 0 rings (SSSR count). The zero-order chi connectivity index (χ0) is 8.15. The highest BCUT2D eigenvalue weighted by atomic mass is 79.9. The molecule has 0 heterocycles. The van der Waals surface area contributed by atoms with Gasteiger partial charge in [0.25, 0.3) is 0 Å². The lowest BCUT2D eigenvalue weighted by Crippen LogP contribution is -1.95. The van der Waals surface area contributed by atoms with Gasteiger partial charge in [-0.25, -0.2) is 4.79 Å². The first-order chi connectivity index (χ1) is 4.57. The topological polar surface area (TPSA) is 37.3 Å². The van der Waals surface area contributed by atoms with Crippen LogP contribution in [-0.4, -0.2) is 11.1 Å². The van der Waals surface area contributed by atoms with Gasteiger partial charge in [0.15, 0.2) is 0 Å². The highest BCUT2D eigenvalue weighted by Gasteiger charge is 1.97. The van der Waals surface area contributed by atoms with Gasteiger partial charge < -0.3 is 5.11 Å². The number of halogens is 1. The average Bonchev–Trinajstić information content (AvgIpc) is 1.87. The van der Waals surface area contributed by atoms with Crippen molar-refractivity contribution in [1.82, 2.24) is 0 Å². The first-order valence-electron chi connectivity index (χ1n) is 2.76. The van der Waals surface area contributed by atoms with Crippen molar-refractivity contribution in [3.63, 3.8) is 0 Å². The van der Waals surface area contributed by atoms with Crippen molar-refractivity contribution in [2.24, 2.45) is 0 Å². The van der Waals surface area contributed by atoms with Crippen LogP contribution >= 0.6 is 15.9 Å². The molecular weight excluding hydrogens is 196 g/mol. The van der Waals surface area contributed by atoms with Crippen LogP contribution in [0.15, 0.2) is 22.2 Å². The molecule has 0 radical (unpaired) electrons. The van der Waals surface area contributed by atoms with Gasteiger partial charge in [0.05, 0.1) is 0 Å². The van der Waals surface area contributed by atoms with Crippen LogP contribution in [0.3, 0.4) is 0 Å². The summed E-state index contributed by atoms with van der Waals surface area (Å²) in [6.07, 6.45) is 1.59. The maximum atomic E-state index is 10.2. The van der Waals surface area contributed by atoms with Crippen LogP contribution in [0, 0.1) is 0 Å². The van der Waals surface area contributed by atoms with Gasteiger partial charge in [-0.2, -0.15) is 0 Å². The summed E-state index contributed by atoms with van der Waals surface area (Å²) < 4.78 is 0. The van der Waals surface area contributed by atoms with Crippen LogP contribution in [0.4, 0.5) is 0 Å². The zero-order valence-corrected chi connectivity index (χ0v) is 7.47. The molecule has 3 heteroatoms. The number of rotatable bonds is 2. The second-order valence-corrected chi connectivity index (χ2v) is 2.44. The molecule has 0 aliphatic heterocycles. The summed E-state index contributed by atoms with van der Waals surface area (Å²) in [4.78, 5) is 11.9. The summed E-state index contributed by atoms with van der Waals surface area (Å²) in [6.45, 7) is 3.38. The monoisotopic (exact) mass is 204 g/mol. The van der Waals surface area contributed by atoms with Crippen LogP contribution < -0.4 is 0 Å². The van der Waals surface area contributed by atoms with Crippen molar-refractivity contribution in [3.05, 3.63) is 22.2 Å². The molecule has 0 saturated carbocycles. The van der Waals surface area contributed by atoms with Crippen molar-refractivity contribution < 1.29 is 9.90 Å². The van der Waals surface area contributed by atoms with E-state index in [1.807, 2.05) is 6.92 Å². The van der Waals surface area contributed by atoms with Crippen LogP contribution in [0.1, 0.15) is 13.8 Å². The van der Waals surface area contributed by atoms with Gasteiger partial charge in [-0.05, 0) is 30.5 Å². The number of carboxylic acid groups (broad SMARTS) is 1. The summed E-state index contributed by atoms with van der Waals surface area (Å²) in [5.41, 5.74) is 1.23. The number of carbonyl (C=O) groups is 1. The van der Waals surface area contributed by atoms with E-state index >= 15 is 0 Å². The molecule has 0 fully saturated rings. The molecule has 0 unspecified atom stereocenters. The minimum Gasteiger partial charge on any atom is -0.478 e. The Labute approximate surface area is 68.4 Å². The van der Waals surface area contributed by atoms with Crippen LogP contribution in [0.2, 0.25) is 0 Å². The molecule has 0 aromatic carbocycles. The van der Waals surface area contributed by atoms with E-state index in [9.17, 15) is 4.79 Å². The summed E-state index contributed by atoms with van der Waals surface area (Å²) in [6, 6.07) is 0. The molecule has 0 aromatic rings. The molecule has 56 valence electrons. The van der Waals surface area contributed by atoms with Gasteiger partial charge in [-0.3, -0.25) is 0 Å². The van der Waals surface area contributed by atoms with E-state index in [0.29, 0.717) is 5.57 Å². The quantitative estimate of drug-likeness (QED) is 0.554. The lowest BCUT2D eigenvalue weighted by atomic mass is 10.2. The maximum Gasteiger partial charge on any atom is 0.331 e. The smallest absolute Gasteiger partial charge is 0.331 e. The number of hydrogen-bond donors (Lipinski definition) is 1. The van der Waals surface area contributed by atoms with Crippen molar-refractivity contribution >= 4 is 21.9 Å². The first-order valence-corrected chi connectivity index (χ1v) is 3.68. The van der Waals surface area contributed by atoms with Gasteiger partial charge >= 0.3 is 5.97 Å². The first kappa shape index (κ1) is 9.43. The Kier molecular flexibility index (Phi) is 4.03. The molecule has 0 amide bonds. The highest BCUT2D eigenvalue weighted by molar-refractivity contribution is 9.11. The number of aliphatic carboxylic acids is 1. The molecule has 0 aliphatic rings. The third-order valence-electron chi connectivity index (χ3n) is 0.954. The minimum atomic E-state index is -0.881. The second kappa shape index (κ2) is 4.28. The Morgan fingerprint density at radius 1 is 1.50 bits per heavy atom. The lowest BCUT2D eigenvalue weighted by molar-refractivity contribution is -0.132. The second-order valence-electron chi connectivity index (χ2n) is 1.99. The minimum absolute atomic E-state index is 0.341. The molecule has 0 aromatic heterocycles. The third-order valence-corrected chi connectivity index (χ3v) is 1.68. The molecule has 1 N–H and O–H groups in total. The summed E-state index contributed by atoms with van der Waals surface area (Å²) in [5, 5.41) is 8.42. The largest absolute Gasteiger partial charge is 0.478 e. The molecule has 2 nitrogen and oxygen atoms in total. The Bertz CT molecular complexity index is 192. The van der Waals surface area contributed by atoms with E-state index in [0.717, 1.165) is 5.57 Å². The van der Waals surface area contributed by atoms with Crippen LogP contribution in [-0.2, 0) is 4.79 Å². The van der Waals surface area contributed by atoms with E-state index in [1.54, 1.807) is 18.0 Å². The fraction of sp³-hybridized carbons (Fsp3) is 0.286. The van der Waals surface area contributed by atoms with Gasteiger partial charge in [0, 0.05) is 5.57 Å². The summed E-state index contributed by atoms with van der Waals surface area (Å²) >= 11 is 3.09. The summed E-state index contributed by atoms with van der Waals surface area (Å²) in [5.74, 6) is -0.881. The van der Waals surface area contributed by atoms with Gasteiger partial charge in [-0.15, -0.1) is 0 Å². The van der Waals surface area contributed by atoms with E-state index in [-0.39, 0.29) is 0 Å². The summed E-state index contributed by atoms with van der Waals surface area (Å²) in [7, 11) is 0. The molecule has 0 saturated heterocycles. The number of allylic oxidation sites excluding steroid dienone is 2. The Morgan fingerprint density at radius 3 is 2.30 bits per heavy atom. The molecule has 0 atom stereocenters. The Balaban J connectivity index is 4.31. The van der Waals surface area contributed by atoms with Gasteiger partial charge in [0.1, 0.15) is 0 Å². The predicted molar refractivity (Wildman–Crippen MR) is 44.1 cm³/mol. The molecular formula is C7H9BrO2. The molecule has 0 bridgehead atoms. The van der Waals surface area contributed by atoms with E-state index in [4.69, 9.17) is 5.11 Å². The van der Waals surface area contributed by atoms with E-state index in [1.165, 1.54) is 0 Å². The van der Waals surface area contributed by atoms with Gasteiger partial charge in [0.2, 0.25) is 0 Å². The number of carboxylic acids is 1. The van der Waals surface area contributed by atoms with Crippen molar-refractivity contribution in [2.45, 2.75) is 13.8 Å². The van der Waals surface area contributed by atoms with Crippen LogP contribution in [0.5, 0.6) is 0 Å².